The van der Waals surface area contributed by atoms with Crippen LogP contribution in [0.1, 0.15) is 24.9 Å². The number of amides is 1. The number of para-hydroxylation sites is 1. The summed E-state index contributed by atoms with van der Waals surface area (Å²) in [5, 5.41) is 3.33. The molecule has 0 aliphatic rings. The Hall–Kier alpha value is -1.55. The summed E-state index contributed by atoms with van der Waals surface area (Å²) in [7, 11) is 5.21. The highest BCUT2D eigenvalue weighted by molar-refractivity contribution is 5.75. The van der Waals surface area contributed by atoms with Crippen LogP contribution in [0.5, 0.6) is 5.75 Å². The lowest BCUT2D eigenvalue weighted by atomic mass is 10.1. The zero-order valence-corrected chi connectivity index (χ0v) is 11.6. The molecule has 4 heteroatoms. The van der Waals surface area contributed by atoms with Crippen molar-refractivity contribution in [2.45, 2.75) is 19.4 Å². The van der Waals surface area contributed by atoms with Crippen molar-refractivity contribution in [3.8, 4) is 5.75 Å². The van der Waals surface area contributed by atoms with E-state index in [2.05, 4.69) is 12.2 Å². The third-order valence-corrected chi connectivity index (χ3v) is 2.89. The van der Waals surface area contributed by atoms with Crippen molar-refractivity contribution in [2.75, 3.05) is 27.7 Å². The molecule has 1 unspecified atom stereocenters. The quantitative estimate of drug-likeness (QED) is 0.837. The minimum absolute atomic E-state index is 0.134. The number of hydrogen-bond donors (Lipinski definition) is 1. The molecule has 0 fully saturated rings. The Labute approximate surface area is 109 Å². The van der Waals surface area contributed by atoms with E-state index in [1.54, 1.807) is 26.1 Å². The molecule has 0 aliphatic carbocycles. The highest BCUT2D eigenvalue weighted by Crippen LogP contribution is 2.24. The van der Waals surface area contributed by atoms with Gasteiger partial charge in [0.15, 0.2) is 0 Å². The molecule has 1 aromatic rings. The summed E-state index contributed by atoms with van der Waals surface area (Å²) < 4.78 is 5.32. The maximum atomic E-state index is 11.4. The van der Waals surface area contributed by atoms with Gasteiger partial charge in [-0.3, -0.25) is 4.79 Å². The number of benzene rings is 1. The van der Waals surface area contributed by atoms with Crippen LogP contribution >= 0.6 is 0 Å². The van der Waals surface area contributed by atoms with Crippen molar-refractivity contribution in [2.24, 2.45) is 0 Å². The number of ether oxygens (including phenoxy) is 1. The summed E-state index contributed by atoms with van der Waals surface area (Å²) in [6, 6.07) is 8.07. The van der Waals surface area contributed by atoms with Crippen LogP contribution in [0.4, 0.5) is 0 Å². The Morgan fingerprint density at radius 2 is 2.06 bits per heavy atom. The fourth-order valence-electron chi connectivity index (χ4n) is 1.75. The molecule has 4 nitrogen and oxygen atoms in total. The van der Waals surface area contributed by atoms with E-state index < -0.39 is 0 Å². The maximum Gasteiger partial charge on any atom is 0.223 e. The number of hydrogen-bond acceptors (Lipinski definition) is 3. The molecule has 0 bridgehead atoms. The lowest BCUT2D eigenvalue weighted by Gasteiger charge is -2.17. The van der Waals surface area contributed by atoms with Gasteiger partial charge in [-0.2, -0.15) is 0 Å². The molecular formula is C14H22N2O2. The molecule has 1 atom stereocenters. The van der Waals surface area contributed by atoms with Gasteiger partial charge in [0.2, 0.25) is 5.91 Å². The van der Waals surface area contributed by atoms with Crippen LogP contribution in [0.3, 0.4) is 0 Å². The van der Waals surface area contributed by atoms with Gasteiger partial charge < -0.3 is 15.0 Å². The maximum absolute atomic E-state index is 11.4. The number of nitrogens with one attached hydrogen (secondary N) is 1. The second-order valence-electron chi connectivity index (χ2n) is 4.46. The van der Waals surface area contributed by atoms with Gasteiger partial charge in [-0.15, -0.1) is 0 Å². The zero-order valence-electron chi connectivity index (χ0n) is 11.6. The average molecular weight is 250 g/mol. The Morgan fingerprint density at radius 1 is 1.39 bits per heavy atom. The predicted molar refractivity (Wildman–Crippen MR) is 72.7 cm³/mol. The largest absolute Gasteiger partial charge is 0.496 e. The minimum atomic E-state index is 0.134. The van der Waals surface area contributed by atoms with Gasteiger partial charge in [0.25, 0.3) is 0 Å². The van der Waals surface area contributed by atoms with Gasteiger partial charge >= 0.3 is 0 Å². The smallest absolute Gasteiger partial charge is 0.223 e. The van der Waals surface area contributed by atoms with Gasteiger partial charge in [-0.1, -0.05) is 18.2 Å². The third kappa shape index (κ3) is 4.04. The minimum Gasteiger partial charge on any atom is -0.496 e. The molecule has 0 aliphatic heterocycles. The van der Waals surface area contributed by atoms with Gasteiger partial charge in [0.1, 0.15) is 5.75 Å². The van der Waals surface area contributed by atoms with Crippen molar-refractivity contribution >= 4 is 5.91 Å². The molecule has 1 N–H and O–H groups in total. The lowest BCUT2D eigenvalue weighted by Crippen LogP contribution is -2.28. The normalized spacial score (nSPS) is 12.0. The molecule has 1 rings (SSSR count). The van der Waals surface area contributed by atoms with E-state index in [0.29, 0.717) is 13.0 Å². The van der Waals surface area contributed by atoms with Crippen LogP contribution in [0.25, 0.3) is 0 Å². The van der Waals surface area contributed by atoms with E-state index >= 15 is 0 Å². The van der Waals surface area contributed by atoms with Crippen LogP contribution in [0.2, 0.25) is 0 Å². The van der Waals surface area contributed by atoms with E-state index in [-0.39, 0.29) is 11.9 Å². The molecule has 0 spiro atoms. The van der Waals surface area contributed by atoms with Crippen molar-refractivity contribution in [3.63, 3.8) is 0 Å². The summed E-state index contributed by atoms with van der Waals surface area (Å²) in [6.07, 6.45) is 0.506. The molecule has 100 valence electrons. The van der Waals surface area contributed by atoms with Crippen LogP contribution in [-0.2, 0) is 4.79 Å². The van der Waals surface area contributed by atoms with Crippen molar-refractivity contribution in [3.05, 3.63) is 29.8 Å². The molecular weight excluding hydrogens is 228 g/mol. The highest BCUT2D eigenvalue weighted by atomic mass is 16.5. The molecule has 0 aromatic heterocycles. The summed E-state index contributed by atoms with van der Waals surface area (Å²) >= 11 is 0. The Kier molecular flexibility index (Phi) is 5.65. The van der Waals surface area contributed by atoms with E-state index in [1.165, 1.54) is 0 Å². The van der Waals surface area contributed by atoms with E-state index in [1.807, 2.05) is 24.3 Å². The Bertz CT molecular complexity index is 391. The SMILES string of the molecule is COc1ccccc1C(C)NCCC(=O)N(C)C. The second kappa shape index (κ2) is 7.01. The van der Waals surface area contributed by atoms with Crippen LogP contribution in [0, 0.1) is 0 Å². The second-order valence-corrected chi connectivity index (χ2v) is 4.46. The fraction of sp³-hybridized carbons (Fsp3) is 0.500. The molecule has 1 aromatic carbocycles. The summed E-state index contributed by atoms with van der Waals surface area (Å²) in [5.41, 5.74) is 1.11. The number of rotatable bonds is 6. The topological polar surface area (TPSA) is 41.6 Å². The summed E-state index contributed by atoms with van der Waals surface area (Å²) in [6.45, 7) is 2.73. The Morgan fingerprint density at radius 3 is 2.67 bits per heavy atom. The van der Waals surface area contributed by atoms with Crippen LogP contribution in [0.15, 0.2) is 24.3 Å². The molecule has 1 amide bonds. The van der Waals surface area contributed by atoms with E-state index in [0.717, 1.165) is 11.3 Å². The monoisotopic (exact) mass is 250 g/mol. The number of nitrogens with zero attached hydrogens (tertiary/aromatic N) is 1. The van der Waals surface area contributed by atoms with E-state index in [4.69, 9.17) is 4.74 Å². The first kappa shape index (κ1) is 14.5. The number of carbonyl (C=O) groups is 1. The fourth-order valence-corrected chi connectivity index (χ4v) is 1.75. The van der Waals surface area contributed by atoms with Crippen molar-refractivity contribution < 1.29 is 9.53 Å². The first-order chi connectivity index (χ1) is 8.56. The summed E-state index contributed by atoms with van der Waals surface area (Å²) in [4.78, 5) is 13.1. The van der Waals surface area contributed by atoms with Gasteiger partial charge in [-0.25, -0.2) is 0 Å². The average Bonchev–Trinajstić information content (AvgIpc) is 2.38. The first-order valence-electron chi connectivity index (χ1n) is 6.12. The highest BCUT2D eigenvalue weighted by Gasteiger charge is 2.11. The van der Waals surface area contributed by atoms with Gasteiger partial charge in [0.05, 0.1) is 7.11 Å². The molecule has 0 heterocycles. The van der Waals surface area contributed by atoms with Crippen molar-refractivity contribution in [1.29, 1.82) is 0 Å². The molecule has 18 heavy (non-hydrogen) atoms. The first-order valence-corrected chi connectivity index (χ1v) is 6.12. The van der Waals surface area contributed by atoms with Gasteiger partial charge in [-0.05, 0) is 13.0 Å². The predicted octanol–water partition coefficient (Wildman–Crippen LogP) is 1.82. The third-order valence-electron chi connectivity index (χ3n) is 2.89. The van der Waals surface area contributed by atoms with Gasteiger partial charge in [0, 0.05) is 38.7 Å². The van der Waals surface area contributed by atoms with Crippen molar-refractivity contribution in [1.82, 2.24) is 10.2 Å². The summed E-state index contributed by atoms with van der Waals surface area (Å²) in [5.74, 6) is 1.01. The number of methoxy groups -OCH3 is 1. The number of carbonyl (C=O) groups excluding carboxylic acids is 1. The lowest BCUT2D eigenvalue weighted by molar-refractivity contribution is -0.128. The standard InChI is InChI=1S/C14H22N2O2/c1-11(15-10-9-14(17)16(2)3)12-7-5-6-8-13(12)18-4/h5-8,11,15H,9-10H2,1-4H3. The van der Waals surface area contributed by atoms with Crippen LogP contribution < -0.4 is 10.1 Å². The Balaban J connectivity index is 2.50. The van der Waals surface area contributed by atoms with E-state index in [9.17, 15) is 4.79 Å². The molecule has 0 radical (unpaired) electrons. The molecule has 0 saturated heterocycles. The van der Waals surface area contributed by atoms with Crippen LogP contribution in [-0.4, -0.2) is 38.6 Å². The molecule has 0 saturated carbocycles. The zero-order chi connectivity index (χ0) is 13.5.